The molecule has 2 aromatic rings. The minimum absolute atomic E-state index is 0.0793. The van der Waals surface area contributed by atoms with Crippen molar-refractivity contribution in [3.8, 4) is 0 Å². The van der Waals surface area contributed by atoms with Gasteiger partial charge in [0.15, 0.2) is 5.16 Å². The average molecular weight is 452 g/mol. The number of rotatable bonds is 6. The van der Waals surface area contributed by atoms with Crippen LogP contribution in [0.3, 0.4) is 0 Å². The Bertz CT molecular complexity index is 1010. The van der Waals surface area contributed by atoms with Gasteiger partial charge in [0.1, 0.15) is 23.4 Å². The molecule has 3 heterocycles. The van der Waals surface area contributed by atoms with Crippen LogP contribution in [0.4, 0.5) is 0 Å². The number of nitrogens with one attached hydrogen (secondary N) is 2. The van der Waals surface area contributed by atoms with E-state index in [9.17, 15) is 19.5 Å². The Balaban J connectivity index is 1.46. The quantitative estimate of drug-likeness (QED) is 0.563. The Hall–Kier alpha value is -2.50. The average Bonchev–Trinajstić information content (AvgIpc) is 3.18. The van der Waals surface area contributed by atoms with Crippen LogP contribution < -0.4 is 5.32 Å². The number of hydrogen-bond acceptors (Lipinski definition) is 7. The largest absolute Gasteiger partial charge is 0.477 e. The monoisotopic (exact) mass is 451 g/mol. The Kier molecular flexibility index (Phi) is 5.52. The summed E-state index contributed by atoms with van der Waals surface area (Å²) in [7, 11) is 0. The molecular formula is C17H14ClN5O4S2. The van der Waals surface area contributed by atoms with Gasteiger partial charge in [0.05, 0.1) is 6.42 Å². The number of β-lactam (4-membered cyclic amide) rings is 1. The first-order chi connectivity index (χ1) is 13.9. The molecule has 2 aliphatic rings. The SMILES string of the molecule is O=C(Cc1cccc(Cl)c1)N[C@@H]1C(=O)N2C(C(=O)O)=C(Sc3ncn[nH]3)CS[C@@H]12. The Morgan fingerprint density at radius 3 is 2.97 bits per heavy atom. The lowest BCUT2D eigenvalue weighted by Crippen LogP contribution is -2.70. The predicted molar refractivity (Wildman–Crippen MR) is 107 cm³/mol. The summed E-state index contributed by atoms with van der Waals surface area (Å²) in [6, 6.07) is 6.15. The lowest BCUT2D eigenvalue weighted by molar-refractivity contribution is -0.150. The van der Waals surface area contributed by atoms with Crippen LogP contribution in [-0.2, 0) is 20.8 Å². The Labute approximate surface area is 178 Å². The summed E-state index contributed by atoms with van der Waals surface area (Å²) in [6.07, 6.45) is 1.40. The van der Waals surface area contributed by atoms with E-state index in [0.717, 1.165) is 17.3 Å². The molecule has 4 rings (SSSR count). The molecule has 0 unspecified atom stereocenters. The van der Waals surface area contributed by atoms with E-state index < -0.39 is 23.3 Å². The zero-order chi connectivity index (χ0) is 20.5. The highest BCUT2D eigenvalue weighted by molar-refractivity contribution is 8.06. The number of nitrogens with zero attached hydrogens (tertiary/aromatic N) is 3. The van der Waals surface area contributed by atoms with Crippen LogP contribution in [-0.4, -0.2) is 60.1 Å². The van der Waals surface area contributed by atoms with Crippen molar-refractivity contribution in [3.05, 3.63) is 51.8 Å². The number of thioether (sulfide) groups is 2. The fraction of sp³-hybridized carbons (Fsp3) is 0.235. The third-order valence-corrected chi connectivity index (χ3v) is 6.99. The number of fused-ring (bicyclic) bond motifs is 1. The van der Waals surface area contributed by atoms with Crippen molar-refractivity contribution in [2.24, 2.45) is 0 Å². The van der Waals surface area contributed by atoms with Crippen molar-refractivity contribution in [1.29, 1.82) is 0 Å². The maximum Gasteiger partial charge on any atom is 0.353 e. The number of aromatic amines is 1. The predicted octanol–water partition coefficient (Wildman–Crippen LogP) is 1.49. The number of carboxylic acid groups (broad SMARTS) is 1. The molecule has 0 aliphatic carbocycles. The number of halogens is 1. The number of carboxylic acids is 1. The van der Waals surface area contributed by atoms with E-state index in [2.05, 4.69) is 20.5 Å². The van der Waals surface area contributed by atoms with Crippen molar-refractivity contribution in [2.45, 2.75) is 23.0 Å². The fourth-order valence-corrected chi connectivity index (χ4v) is 5.65. The van der Waals surface area contributed by atoms with Crippen LogP contribution >= 0.6 is 35.1 Å². The van der Waals surface area contributed by atoms with Crippen LogP contribution in [0.2, 0.25) is 5.02 Å². The van der Waals surface area contributed by atoms with Crippen LogP contribution in [0.25, 0.3) is 0 Å². The van der Waals surface area contributed by atoms with Crippen LogP contribution in [0.15, 0.2) is 46.4 Å². The van der Waals surface area contributed by atoms with Crippen LogP contribution in [0.1, 0.15) is 5.56 Å². The van der Waals surface area contributed by atoms with Crippen molar-refractivity contribution in [2.75, 3.05) is 5.75 Å². The number of carbonyl (C=O) groups is 3. The minimum atomic E-state index is -1.20. The number of benzene rings is 1. The van der Waals surface area contributed by atoms with E-state index in [0.29, 0.717) is 20.8 Å². The van der Waals surface area contributed by atoms with Gasteiger partial charge in [-0.3, -0.25) is 19.6 Å². The van der Waals surface area contributed by atoms with E-state index in [4.69, 9.17) is 11.6 Å². The minimum Gasteiger partial charge on any atom is -0.477 e. The summed E-state index contributed by atoms with van der Waals surface area (Å²) in [5.74, 6) is -1.60. The standard InChI is InChI=1S/C17H14ClN5O4S2/c18-9-3-1-2-8(4-9)5-11(24)21-12-14(25)23-13(16(26)27)10(6-28-15(12)23)29-17-19-7-20-22-17/h1-4,7,12,15H,5-6H2,(H,21,24)(H,26,27)(H,19,20,22)/t12-,15+/m1/s1. The molecule has 29 heavy (non-hydrogen) atoms. The highest BCUT2D eigenvalue weighted by Gasteiger charge is 2.54. The molecule has 0 radical (unpaired) electrons. The molecule has 12 heteroatoms. The zero-order valence-corrected chi connectivity index (χ0v) is 17.1. The first-order valence-corrected chi connectivity index (χ1v) is 10.7. The normalized spacial score (nSPS) is 20.9. The molecule has 2 amide bonds. The lowest BCUT2D eigenvalue weighted by Gasteiger charge is -2.49. The smallest absolute Gasteiger partial charge is 0.353 e. The molecule has 0 spiro atoms. The van der Waals surface area contributed by atoms with E-state index in [1.807, 2.05) is 0 Å². The van der Waals surface area contributed by atoms with Crippen LogP contribution in [0.5, 0.6) is 0 Å². The van der Waals surface area contributed by atoms with E-state index in [1.165, 1.54) is 23.0 Å². The van der Waals surface area contributed by atoms with Gasteiger partial charge in [-0.2, -0.15) is 5.10 Å². The lowest BCUT2D eigenvalue weighted by atomic mass is 10.0. The fourth-order valence-electron chi connectivity index (χ4n) is 3.09. The van der Waals surface area contributed by atoms with Crippen molar-refractivity contribution in [3.63, 3.8) is 0 Å². The molecule has 1 saturated heterocycles. The molecular weight excluding hydrogens is 438 g/mol. The number of aliphatic carboxylic acids is 1. The van der Waals surface area contributed by atoms with Gasteiger partial charge in [0.25, 0.3) is 5.91 Å². The van der Waals surface area contributed by atoms with Crippen molar-refractivity contribution < 1.29 is 19.5 Å². The number of carbonyl (C=O) groups excluding carboxylic acids is 2. The third kappa shape index (κ3) is 3.98. The van der Waals surface area contributed by atoms with E-state index >= 15 is 0 Å². The van der Waals surface area contributed by atoms with Gasteiger partial charge in [-0.15, -0.1) is 11.8 Å². The second kappa shape index (κ2) is 8.09. The number of hydrogen-bond donors (Lipinski definition) is 3. The molecule has 150 valence electrons. The molecule has 2 aliphatic heterocycles. The molecule has 3 N–H and O–H groups in total. The molecule has 0 saturated carbocycles. The summed E-state index contributed by atoms with van der Waals surface area (Å²) in [4.78, 5) is 42.5. The van der Waals surface area contributed by atoms with Crippen molar-refractivity contribution in [1.82, 2.24) is 25.4 Å². The summed E-state index contributed by atoms with van der Waals surface area (Å²) >= 11 is 8.44. The maximum atomic E-state index is 12.6. The Morgan fingerprint density at radius 2 is 2.28 bits per heavy atom. The summed E-state index contributed by atoms with van der Waals surface area (Å²) < 4.78 is 0. The second-order valence-electron chi connectivity index (χ2n) is 6.23. The first kappa shape index (κ1) is 19.8. The number of amides is 2. The second-order valence-corrected chi connectivity index (χ2v) is 8.86. The zero-order valence-electron chi connectivity index (χ0n) is 14.7. The summed E-state index contributed by atoms with van der Waals surface area (Å²) in [6.45, 7) is 0. The molecule has 9 nitrogen and oxygen atoms in total. The van der Waals surface area contributed by atoms with Gasteiger partial charge in [-0.1, -0.05) is 35.5 Å². The summed E-state index contributed by atoms with van der Waals surface area (Å²) in [5, 5.41) is 19.3. The van der Waals surface area contributed by atoms with Gasteiger partial charge in [0.2, 0.25) is 5.91 Å². The third-order valence-electron chi connectivity index (χ3n) is 4.32. The highest BCUT2D eigenvalue weighted by Crippen LogP contribution is 2.44. The van der Waals surface area contributed by atoms with Gasteiger partial charge in [-0.05, 0) is 17.7 Å². The van der Waals surface area contributed by atoms with Gasteiger partial charge in [0, 0.05) is 15.7 Å². The summed E-state index contributed by atoms with van der Waals surface area (Å²) in [5.41, 5.74) is 0.646. The van der Waals surface area contributed by atoms with E-state index in [1.54, 1.807) is 24.3 Å². The molecule has 1 aromatic heterocycles. The topological polar surface area (TPSA) is 128 Å². The molecule has 1 fully saturated rings. The molecule has 0 bridgehead atoms. The van der Waals surface area contributed by atoms with Gasteiger partial charge < -0.3 is 10.4 Å². The van der Waals surface area contributed by atoms with Crippen LogP contribution in [0, 0.1) is 0 Å². The van der Waals surface area contributed by atoms with Crippen molar-refractivity contribution >= 4 is 52.9 Å². The highest BCUT2D eigenvalue weighted by atomic mass is 35.5. The molecule has 1 aromatic carbocycles. The first-order valence-electron chi connectivity index (χ1n) is 8.42. The number of H-pyrrole nitrogens is 1. The number of aromatic nitrogens is 3. The van der Waals surface area contributed by atoms with E-state index in [-0.39, 0.29) is 18.0 Å². The molecule has 2 atom stereocenters. The van der Waals surface area contributed by atoms with Gasteiger partial charge in [-0.25, -0.2) is 9.78 Å². The maximum absolute atomic E-state index is 12.6. The van der Waals surface area contributed by atoms with Gasteiger partial charge >= 0.3 is 5.97 Å². The Morgan fingerprint density at radius 1 is 1.45 bits per heavy atom.